The third-order valence-corrected chi connectivity index (χ3v) is 6.51. The standard InChI is InChI=1S/C20H17F3N2O5/c1-18-7-12(17(28)29-3)19(2,30-18)14-13(18)15(26)25(16(14)27)10-5-4-9(8-24)11(6-10)20(21,22)23/h4-6,12-14H,7H2,1-3H3/t12-,13+,14-,18?,19?/m0/s1. The molecule has 2 bridgehead atoms. The minimum atomic E-state index is -4.83. The molecule has 3 fully saturated rings. The molecule has 5 atom stereocenters. The van der Waals surface area contributed by atoms with Gasteiger partial charge in [-0.05, 0) is 38.5 Å². The Morgan fingerprint density at radius 2 is 1.90 bits per heavy atom. The maximum absolute atomic E-state index is 13.4. The number of ether oxygens (including phenoxy) is 2. The Morgan fingerprint density at radius 3 is 2.47 bits per heavy atom. The van der Waals surface area contributed by atoms with E-state index in [2.05, 4.69) is 0 Å². The second-order valence-electron chi connectivity index (χ2n) is 8.19. The van der Waals surface area contributed by atoms with E-state index < -0.39 is 64.0 Å². The lowest BCUT2D eigenvalue weighted by Crippen LogP contribution is -2.49. The van der Waals surface area contributed by atoms with Gasteiger partial charge in [-0.15, -0.1) is 0 Å². The molecule has 3 saturated heterocycles. The Balaban J connectivity index is 1.79. The Morgan fingerprint density at radius 1 is 1.27 bits per heavy atom. The summed E-state index contributed by atoms with van der Waals surface area (Å²) < 4.78 is 50.9. The molecular weight excluding hydrogens is 405 g/mol. The van der Waals surface area contributed by atoms with Crippen molar-refractivity contribution < 1.29 is 37.0 Å². The first kappa shape index (κ1) is 20.3. The van der Waals surface area contributed by atoms with Crippen LogP contribution in [0.1, 0.15) is 31.4 Å². The van der Waals surface area contributed by atoms with Crippen LogP contribution >= 0.6 is 0 Å². The topological polar surface area (TPSA) is 96.7 Å². The van der Waals surface area contributed by atoms with Gasteiger partial charge >= 0.3 is 12.1 Å². The third-order valence-electron chi connectivity index (χ3n) is 6.51. The van der Waals surface area contributed by atoms with E-state index in [-0.39, 0.29) is 12.1 Å². The van der Waals surface area contributed by atoms with Crippen LogP contribution in [0.15, 0.2) is 18.2 Å². The quantitative estimate of drug-likeness (QED) is 0.537. The summed E-state index contributed by atoms with van der Waals surface area (Å²) in [5.41, 5.74) is -4.55. The Hall–Kier alpha value is -2.93. The van der Waals surface area contributed by atoms with Crippen molar-refractivity contribution in [3.05, 3.63) is 29.3 Å². The van der Waals surface area contributed by atoms with Gasteiger partial charge in [-0.25, -0.2) is 4.90 Å². The van der Waals surface area contributed by atoms with Gasteiger partial charge in [0.05, 0.1) is 58.9 Å². The number of carbonyl (C=O) groups is 3. The molecule has 158 valence electrons. The summed E-state index contributed by atoms with van der Waals surface area (Å²) in [5, 5.41) is 8.97. The van der Waals surface area contributed by atoms with Crippen molar-refractivity contribution in [1.29, 1.82) is 5.26 Å². The van der Waals surface area contributed by atoms with Crippen LogP contribution in [0.2, 0.25) is 0 Å². The number of carbonyl (C=O) groups excluding carboxylic acids is 3. The highest BCUT2D eigenvalue weighted by molar-refractivity contribution is 6.23. The summed E-state index contributed by atoms with van der Waals surface area (Å²) in [6.07, 6.45) is -4.68. The van der Waals surface area contributed by atoms with E-state index in [1.165, 1.54) is 13.2 Å². The van der Waals surface area contributed by atoms with E-state index in [1.54, 1.807) is 13.8 Å². The van der Waals surface area contributed by atoms with E-state index in [1.807, 2.05) is 0 Å². The summed E-state index contributed by atoms with van der Waals surface area (Å²) in [4.78, 5) is 39.3. The minimum absolute atomic E-state index is 0.158. The molecule has 2 unspecified atom stereocenters. The van der Waals surface area contributed by atoms with Gasteiger partial charge < -0.3 is 9.47 Å². The monoisotopic (exact) mass is 422 g/mol. The molecule has 2 amide bonds. The van der Waals surface area contributed by atoms with Crippen LogP contribution in [0, 0.1) is 29.1 Å². The number of fused-ring (bicyclic) bond motifs is 5. The SMILES string of the molecule is COC(=O)[C@@H]1CC2(C)OC1(C)[C@@H]1C(=O)N(c3ccc(C#N)c(C(F)(F)F)c3)C(=O)[C@@H]12. The van der Waals surface area contributed by atoms with Crippen LogP contribution in [0.5, 0.6) is 0 Å². The minimum Gasteiger partial charge on any atom is -0.469 e. The fraction of sp³-hybridized carbons (Fsp3) is 0.500. The molecule has 3 aliphatic rings. The molecule has 0 spiro atoms. The van der Waals surface area contributed by atoms with Crippen molar-refractivity contribution in [2.24, 2.45) is 17.8 Å². The number of nitriles is 1. The fourth-order valence-electron chi connectivity index (χ4n) is 5.27. The van der Waals surface area contributed by atoms with Crippen molar-refractivity contribution in [3.63, 3.8) is 0 Å². The molecule has 0 aliphatic carbocycles. The molecule has 0 aromatic heterocycles. The number of alkyl halides is 3. The molecule has 1 aromatic rings. The number of anilines is 1. The molecule has 3 heterocycles. The van der Waals surface area contributed by atoms with Gasteiger partial charge in [0.1, 0.15) is 0 Å². The predicted molar refractivity (Wildman–Crippen MR) is 93.7 cm³/mol. The van der Waals surface area contributed by atoms with Crippen molar-refractivity contribution in [1.82, 2.24) is 0 Å². The van der Waals surface area contributed by atoms with Gasteiger partial charge in [0.15, 0.2) is 0 Å². The number of methoxy groups -OCH3 is 1. The largest absolute Gasteiger partial charge is 0.469 e. The summed E-state index contributed by atoms with van der Waals surface area (Å²) in [6.45, 7) is 3.17. The number of hydrogen-bond acceptors (Lipinski definition) is 6. The average molecular weight is 422 g/mol. The first-order valence-corrected chi connectivity index (χ1v) is 9.16. The summed E-state index contributed by atoms with van der Waals surface area (Å²) in [5.74, 6) is -4.73. The van der Waals surface area contributed by atoms with Gasteiger partial charge in [0.25, 0.3) is 0 Å². The second kappa shape index (κ2) is 6.04. The number of imide groups is 1. The van der Waals surface area contributed by atoms with Crippen LogP contribution in [-0.4, -0.2) is 36.1 Å². The number of nitrogens with zero attached hydrogens (tertiary/aromatic N) is 2. The van der Waals surface area contributed by atoms with Crippen LogP contribution < -0.4 is 4.90 Å². The van der Waals surface area contributed by atoms with E-state index in [0.717, 1.165) is 12.1 Å². The molecular formula is C20H17F3N2O5. The number of hydrogen-bond donors (Lipinski definition) is 0. The van der Waals surface area contributed by atoms with Crippen molar-refractivity contribution in [2.75, 3.05) is 12.0 Å². The van der Waals surface area contributed by atoms with Gasteiger partial charge in [-0.1, -0.05) is 0 Å². The van der Waals surface area contributed by atoms with Crippen LogP contribution in [0.4, 0.5) is 18.9 Å². The normalized spacial score (nSPS) is 34.8. The van der Waals surface area contributed by atoms with E-state index in [0.29, 0.717) is 11.0 Å². The van der Waals surface area contributed by atoms with Gasteiger partial charge in [-0.3, -0.25) is 14.4 Å². The van der Waals surface area contributed by atoms with Crippen molar-refractivity contribution in [2.45, 2.75) is 37.6 Å². The highest BCUT2D eigenvalue weighted by Gasteiger charge is 2.77. The molecule has 7 nitrogen and oxygen atoms in total. The first-order valence-electron chi connectivity index (χ1n) is 9.16. The predicted octanol–water partition coefficient (Wildman–Crippen LogP) is 2.42. The summed E-state index contributed by atoms with van der Waals surface area (Å²) in [6, 6.07) is 4.15. The van der Waals surface area contributed by atoms with Crippen LogP contribution in [-0.2, 0) is 30.0 Å². The number of benzene rings is 1. The van der Waals surface area contributed by atoms with Crippen molar-refractivity contribution >= 4 is 23.5 Å². The van der Waals surface area contributed by atoms with E-state index in [4.69, 9.17) is 14.7 Å². The lowest BCUT2D eigenvalue weighted by molar-refractivity contribution is -0.154. The van der Waals surface area contributed by atoms with Crippen LogP contribution in [0.3, 0.4) is 0 Å². The number of amides is 2. The molecule has 3 aliphatic heterocycles. The summed E-state index contributed by atoms with van der Waals surface area (Å²) in [7, 11) is 1.21. The second-order valence-corrected chi connectivity index (χ2v) is 8.19. The van der Waals surface area contributed by atoms with E-state index in [9.17, 15) is 27.6 Å². The lowest BCUT2D eigenvalue weighted by atomic mass is 9.64. The van der Waals surface area contributed by atoms with Gasteiger partial charge in [0.2, 0.25) is 11.8 Å². The molecule has 0 N–H and O–H groups in total. The smallest absolute Gasteiger partial charge is 0.417 e. The zero-order valence-electron chi connectivity index (χ0n) is 16.2. The zero-order valence-corrected chi connectivity index (χ0v) is 16.2. The van der Waals surface area contributed by atoms with E-state index >= 15 is 0 Å². The molecule has 1 aromatic carbocycles. The van der Waals surface area contributed by atoms with Crippen molar-refractivity contribution in [3.8, 4) is 6.07 Å². The maximum atomic E-state index is 13.4. The third kappa shape index (κ3) is 2.45. The first-order chi connectivity index (χ1) is 13.9. The molecule has 4 rings (SSSR count). The Labute approximate surface area is 169 Å². The summed E-state index contributed by atoms with van der Waals surface area (Å²) >= 11 is 0. The number of rotatable bonds is 2. The Bertz CT molecular complexity index is 1030. The van der Waals surface area contributed by atoms with Gasteiger partial charge in [0, 0.05) is 0 Å². The number of halogens is 3. The Kier molecular flexibility index (Phi) is 4.10. The highest BCUT2D eigenvalue weighted by Crippen LogP contribution is 2.63. The zero-order chi connectivity index (χ0) is 22.2. The molecule has 0 saturated carbocycles. The fourth-order valence-corrected chi connectivity index (χ4v) is 5.27. The maximum Gasteiger partial charge on any atom is 0.417 e. The average Bonchev–Trinajstić information content (AvgIpc) is 3.21. The lowest BCUT2D eigenvalue weighted by Gasteiger charge is -2.33. The van der Waals surface area contributed by atoms with Crippen LogP contribution in [0.25, 0.3) is 0 Å². The highest BCUT2D eigenvalue weighted by atomic mass is 19.4. The van der Waals surface area contributed by atoms with Gasteiger partial charge in [-0.2, -0.15) is 18.4 Å². The number of esters is 1. The molecule has 10 heteroatoms. The molecule has 30 heavy (non-hydrogen) atoms. The molecule has 0 radical (unpaired) electrons.